The SMILES string of the molecule is COC(=O)[C@H](Cc1ccc(OCc2c(Cl)cccc2Cl)cc1)NC(=O)C[C@H]1CC[C@@H](C(=O)OC(C)(C)C)N1Cc1ccccc1. The van der Waals surface area contributed by atoms with Crippen LogP contribution < -0.4 is 10.1 Å². The lowest BCUT2D eigenvalue weighted by Crippen LogP contribution is -2.47. The Hall–Kier alpha value is -3.59. The number of nitrogens with zero attached hydrogens (tertiary/aromatic N) is 1. The van der Waals surface area contributed by atoms with E-state index in [0.29, 0.717) is 40.7 Å². The van der Waals surface area contributed by atoms with E-state index in [1.807, 2.05) is 68.1 Å². The number of likely N-dealkylation sites (tertiary alicyclic amines) is 1. The highest BCUT2D eigenvalue weighted by Gasteiger charge is 2.41. The molecule has 3 atom stereocenters. The van der Waals surface area contributed by atoms with Gasteiger partial charge in [-0.05, 0) is 69.0 Å². The second kappa shape index (κ2) is 15.6. The summed E-state index contributed by atoms with van der Waals surface area (Å²) in [5.41, 5.74) is 1.92. The van der Waals surface area contributed by atoms with Crippen molar-refractivity contribution in [1.82, 2.24) is 10.2 Å². The molecule has 0 radical (unpaired) electrons. The molecule has 1 heterocycles. The number of hydrogen-bond donors (Lipinski definition) is 1. The number of carbonyl (C=O) groups is 3. The van der Waals surface area contributed by atoms with Crippen LogP contribution in [0.25, 0.3) is 0 Å². The molecule has 0 aliphatic carbocycles. The van der Waals surface area contributed by atoms with Crippen LogP contribution in [-0.4, -0.2) is 53.6 Å². The number of halogens is 2. The van der Waals surface area contributed by atoms with Crippen molar-refractivity contribution in [2.75, 3.05) is 7.11 Å². The molecule has 1 aliphatic rings. The van der Waals surface area contributed by atoms with Crippen molar-refractivity contribution >= 4 is 41.0 Å². The lowest BCUT2D eigenvalue weighted by atomic mass is 10.0. The predicted molar refractivity (Wildman–Crippen MR) is 174 cm³/mol. The van der Waals surface area contributed by atoms with Gasteiger partial charge in [-0.1, -0.05) is 71.7 Å². The third kappa shape index (κ3) is 9.95. The Morgan fingerprint density at radius 3 is 2.20 bits per heavy atom. The summed E-state index contributed by atoms with van der Waals surface area (Å²) in [5.74, 6) is -0.532. The van der Waals surface area contributed by atoms with Crippen LogP contribution in [-0.2, 0) is 43.4 Å². The standard InChI is InChI=1S/C35H40Cl2N2O6/c1-35(2,3)45-34(42)31-18-15-25(39(31)21-24-9-6-5-7-10-24)20-32(40)38-30(33(41)43-4)19-23-13-16-26(17-14-23)44-22-27-28(36)11-8-12-29(27)37/h5-14,16-17,25,30-31H,15,18-22H2,1-4H3,(H,38,40)/t25-,30+,31+/m1/s1. The minimum Gasteiger partial charge on any atom is -0.489 e. The van der Waals surface area contributed by atoms with Crippen LogP contribution in [0.4, 0.5) is 0 Å². The fourth-order valence-electron chi connectivity index (χ4n) is 5.40. The Bertz CT molecular complexity index is 1440. The van der Waals surface area contributed by atoms with Crippen molar-refractivity contribution in [2.45, 2.75) is 83.3 Å². The Kier molecular flexibility index (Phi) is 11.9. The highest BCUT2D eigenvalue weighted by molar-refractivity contribution is 6.35. The molecular weight excluding hydrogens is 615 g/mol. The first-order chi connectivity index (χ1) is 21.4. The van der Waals surface area contributed by atoms with Gasteiger partial charge in [0.1, 0.15) is 30.0 Å². The highest BCUT2D eigenvalue weighted by atomic mass is 35.5. The summed E-state index contributed by atoms with van der Waals surface area (Å²) in [6.45, 7) is 6.24. The van der Waals surface area contributed by atoms with E-state index in [4.69, 9.17) is 37.4 Å². The summed E-state index contributed by atoms with van der Waals surface area (Å²) in [6.07, 6.45) is 1.58. The molecular formula is C35H40Cl2N2O6. The fraction of sp³-hybridized carbons (Fsp3) is 0.400. The first-order valence-corrected chi connectivity index (χ1v) is 15.7. The number of ether oxygens (including phenoxy) is 3. The summed E-state index contributed by atoms with van der Waals surface area (Å²) >= 11 is 12.5. The van der Waals surface area contributed by atoms with Crippen LogP contribution in [0.2, 0.25) is 10.0 Å². The zero-order valence-electron chi connectivity index (χ0n) is 26.1. The van der Waals surface area contributed by atoms with E-state index < -0.39 is 23.7 Å². The highest BCUT2D eigenvalue weighted by Crippen LogP contribution is 2.31. The fourth-order valence-corrected chi connectivity index (χ4v) is 5.90. The molecule has 3 aromatic carbocycles. The van der Waals surface area contributed by atoms with Gasteiger partial charge >= 0.3 is 11.9 Å². The minimum atomic E-state index is -0.887. The number of carbonyl (C=O) groups excluding carboxylic acids is 3. The molecule has 0 spiro atoms. The summed E-state index contributed by atoms with van der Waals surface area (Å²) in [4.78, 5) is 41.2. The van der Waals surface area contributed by atoms with E-state index in [9.17, 15) is 14.4 Å². The number of amides is 1. The van der Waals surface area contributed by atoms with Gasteiger partial charge in [0.2, 0.25) is 5.91 Å². The number of methoxy groups -OCH3 is 1. The van der Waals surface area contributed by atoms with E-state index >= 15 is 0 Å². The van der Waals surface area contributed by atoms with Crippen LogP contribution in [0.15, 0.2) is 72.8 Å². The largest absolute Gasteiger partial charge is 0.489 e. The van der Waals surface area contributed by atoms with Gasteiger partial charge in [-0.2, -0.15) is 0 Å². The summed E-state index contributed by atoms with van der Waals surface area (Å²) < 4.78 is 16.6. The molecule has 45 heavy (non-hydrogen) atoms. The van der Waals surface area contributed by atoms with Crippen molar-refractivity contribution in [1.29, 1.82) is 0 Å². The molecule has 4 rings (SSSR count). The average molecular weight is 656 g/mol. The van der Waals surface area contributed by atoms with Crippen molar-refractivity contribution in [3.05, 3.63) is 99.5 Å². The Morgan fingerprint density at radius 2 is 1.58 bits per heavy atom. The zero-order chi connectivity index (χ0) is 32.6. The Morgan fingerprint density at radius 1 is 0.911 bits per heavy atom. The molecule has 0 saturated carbocycles. The van der Waals surface area contributed by atoms with E-state index in [2.05, 4.69) is 5.32 Å². The van der Waals surface area contributed by atoms with Crippen molar-refractivity contribution in [3.8, 4) is 5.75 Å². The maximum absolute atomic E-state index is 13.3. The summed E-state index contributed by atoms with van der Waals surface area (Å²) in [5, 5.41) is 3.92. The van der Waals surface area contributed by atoms with Crippen molar-refractivity contribution in [2.24, 2.45) is 0 Å². The Balaban J connectivity index is 1.40. The second-order valence-corrected chi connectivity index (χ2v) is 12.9. The maximum atomic E-state index is 13.3. The smallest absolute Gasteiger partial charge is 0.328 e. The number of nitrogens with one attached hydrogen (secondary N) is 1. The molecule has 0 aromatic heterocycles. The predicted octanol–water partition coefficient (Wildman–Crippen LogP) is 6.54. The van der Waals surface area contributed by atoms with E-state index in [1.165, 1.54) is 7.11 Å². The van der Waals surface area contributed by atoms with E-state index in [-0.39, 0.29) is 37.4 Å². The topological polar surface area (TPSA) is 94.2 Å². The number of benzene rings is 3. The summed E-state index contributed by atoms with van der Waals surface area (Å²) in [6, 6.07) is 20.8. The van der Waals surface area contributed by atoms with Gasteiger partial charge in [0.15, 0.2) is 0 Å². The van der Waals surface area contributed by atoms with Crippen molar-refractivity contribution in [3.63, 3.8) is 0 Å². The quantitative estimate of drug-likeness (QED) is 0.222. The third-order valence-corrected chi connectivity index (χ3v) is 8.29. The first-order valence-electron chi connectivity index (χ1n) is 15.0. The first kappa shape index (κ1) is 34.3. The molecule has 0 bridgehead atoms. The molecule has 1 aliphatic heterocycles. The maximum Gasteiger partial charge on any atom is 0.328 e. The van der Waals surface area contributed by atoms with Gasteiger partial charge in [0.25, 0.3) is 0 Å². The lowest BCUT2D eigenvalue weighted by Gasteiger charge is -2.31. The zero-order valence-corrected chi connectivity index (χ0v) is 27.6. The van der Waals surface area contributed by atoms with Gasteiger partial charge in [0.05, 0.1) is 7.11 Å². The van der Waals surface area contributed by atoms with E-state index in [0.717, 1.165) is 11.1 Å². The Labute approximate surface area is 274 Å². The normalized spacial score (nSPS) is 17.4. The molecule has 8 nitrogen and oxygen atoms in total. The van der Waals surface area contributed by atoms with E-state index in [1.54, 1.807) is 30.3 Å². The monoisotopic (exact) mass is 654 g/mol. The number of rotatable bonds is 12. The summed E-state index contributed by atoms with van der Waals surface area (Å²) in [7, 11) is 1.29. The molecule has 1 amide bonds. The van der Waals surface area contributed by atoms with Gasteiger partial charge in [-0.15, -0.1) is 0 Å². The number of hydrogen-bond acceptors (Lipinski definition) is 7. The van der Waals surface area contributed by atoms with Gasteiger partial charge in [-0.3, -0.25) is 14.5 Å². The van der Waals surface area contributed by atoms with Gasteiger partial charge in [0, 0.05) is 41.0 Å². The molecule has 0 unspecified atom stereocenters. The van der Waals surface area contributed by atoms with Gasteiger partial charge < -0.3 is 19.5 Å². The van der Waals surface area contributed by atoms with Crippen LogP contribution in [0.5, 0.6) is 5.75 Å². The van der Waals surface area contributed by atoms with Crippen LogP contribution in [0, 0.1) is 0 Å². The average Bonchev–Trinajstić information content (AvgIpc) is 3.38. The lowest BCUT2D eigenvalue weighted by molar-refractivity contribution is -0.161. The van der Waals surface area contributed by atoms with Crippen molar-refractivity contribution < 1.29 is 28.6 Å². The van der Waals surface area contributed by atoms with Crippen LogP contribution in [0.1, 0.15) is 56.7 Å². The molecule has 240 valence electrons. The molecule has 1 N–H and O–H groups in total. The molecule has 10 heteroatoms. The molecule has 1 fully saturated rings. The minimum absolute atomic E-state index is 0.122. The number of esters is 2. The van der Waals surface area contributed by atoms with Crippen LogP contribution >= 0.6 is 23.2 Å². The third-order valence-electron chi connectivity index (χ3n) is 7.58. The van der Waals surface area contributed by atoms with Gasteiger partial charge in [-0.25, -0.2) is 4.79 Å². The second-order valence-electron chi connectivity index (χ2n) is 12.1. The molecule has 1 saturated heterocycles. The van der Waals surface area contributed by atoms with Crippen LogP contribution in [0.3, 0.4) is 0 Å². The molecule has 3 aromatic rings.